The molecule has 0 aliphatic carbocycles. The van der Waals surface area contributed by atoms with Crippen LogP contribution in [0.5, 0.6) is 17.2 Å². The van der Waals surface area contributed by atoms with E-state index in [1.165, 1.54) is 81.8 Å². The van der Waals surface area contributed by atoms with Gasteiger partial charge in [-0.2, -0.15) is 35.1 Å². The summed E-state index contributed by atoms with van der Waals surface area (Å²) in [5.41, 5.74) is 1.87. The number of esters is 4. The smallest absolute Gasteiger partial charge is 0.401 e. The van der Waals surface area contributed by atoms with E-state index in [0.29, 0.717) is 38.4 Å². The number of hydrogen-bond acceptors (Lipinski definition) is 26. The quantitative estimate of drug-likeness (QED) is 0.00405. The van der Waals surface area contributed by atoms with Crippen molar-refractivity contribution in [2.75, 3.05) is 37.9 Å². The molecule has 7 aromatic rings. The van der Waals surface area contributed by atoms with E-state index in [1.54, 1.807) is 19.1 Å². The van der Waals surface area contributed by atoms with Crippen molar-refractivity contribution in [2.45, 2.75) is 166 Å². The second kappa shape index (κ2) is 60.2. The summed E-state index contributed by atoms with van der Waals surface area (Å²) >= 11 is 0. The molecule has 7 rings (SSSR count). The molecule has 56 heteroatoms. The number of halogens is 22. The Morgan fingerprint density at radius 1 is 0.383 bits per heavy atom. The van der Waals surface area contributed by atoms with Crippen molar-refractivity contribution in [3.05, 3.63) is 314 Å². The Balaban J connectivity index is 0. The number of benzene rings is 7. The minimum atomic E-state index is -5.74. The van der Waals surface area contributed by atoms with Crippen LogP contribution in [-0.2, 0) is 116 Å². The van der Waals surface area contributed by atoms with Gasteiger partial charge in [0.15, 0.2) is 77.5 Å². The van der Waals surface area contributed by atoms with E-state index < -0.39 is 264 Å². The van der Waals surface area contributed by atoms with Crippen LogP contribution in [0.4, 0.5) is 96.6 Å². The van der Waals surface area contributed by atoms with E-state index in [4.69, 9.17) is 23.7 Å². The van der Waals surface area contributed by atoms with Crippen LogP contribution >= 0.6 is 0 Å². The van der Waals surface area contributed by atoms with E-state index in [-0.39, 0.29) is 40.6 Å². The second-order valence-corrected chi connectivity index (χ2v) is 40.3. The number of allylic oxidation sites excluding steroid dienone is 4. The summed E-state index contributed by atoms with van der Waals surface area (Å²) in [7, 11) is -31.0. The maximum absolute atomic E-state index is 13.8. The molecule has 0 bridgehead atoms. The fourth-order valence-corrected chi connectivity index (χ4v) is 15.6. The molecule has 0 aliphatic heterocycles. The number of hydrogen-bond donors (Lipinski definition) is 0. The number of sulfonamides is 4. The summed E-state index contributed by atoms with van der Waals surface area (Å²) in [6, 6.07) is 26.3. The first-order valence-electron chi connectivity index (χ1n) is 40.9. The highest BCUT2D eigenvalue weighted by Gasteiger charge is 2.37. The van der Waals surface area contributed by atoms with Crippen LogP contribution in [0.15, 0.2) is 227 Å². The lowest BCUT2D eigenvalue weighted by Gasteiger charge is -2.21. The summed E-state index contributed by atoms with van der Waals surface area (Å²) in [5, 5.41) is 0. The lowest BCUT2D eigenvalue weighted by Crippen LogP contribution is -2.33. The zero-order chi connectivity index (χ0) is 117. The van der Waals surface area contributed by atoms with E-state index in [1.807, 2.05) is 65.8 Å². The van der Waals surface area contributed by atoms with Crippen molar-refractivity contribution in [2.24, 2.45) is 5.92 Å². The molecule has 0 saturated carbocycles. The number of rotatable bonds is 36. The Morgan fingerprint density at radius 2 is 0.698 bits per heavy atom. The summed E-state index contributed by atoms with van der Waals surface area (Å²) in [6.07, 6.45) is -11.1. The van der Waals surface area contributed by atoms with Crippen molar-refractivity contribution >= 4 is 95.4 Å². The Morgan fingerprint density at radius 3 is 0.973 bits per heavy atom. The Labute approximate surface area is 845 Å². The SMILES string of the molecule is C=C(C)C(=C)OCC.C=C(C)C(=C)OCc1c(F)c(F)c(S(=O)(=O)[O-])c(F)c1F.C=C(C)C(=O)OC(CC(C)C)C(=O)OCC(C)(F)F.C=C(C)C(=O)OCC(C)(F)F.C=C(C)C(=O)Oc1c(F)c(F)c(C)c(F)c1F.C=C(C)c1ccc(OCC)cc1.C=C(C)c1ccc(OCc2c(F)c(F)c(S(=O)(=O)[O-])c(F)c2F)cc1.O=S(=O)(CC(F)(F)F)[N-]S(=O)(=O)c1ccccc1.O=S(=O)(CC(F)(F)F)[N-]S(=O)(=O)c1ccccc1. The normalized spacial score (nSPS) is 11.6. The monoisotopic (exact) mass is 2270 g/mol. The molecule has 0 N–H and O–H groups in total. The fourth-order valence-electron chi connectivity index (χ4n) is 9.06. The molecule has 830 valence electrons. The summed E-state index contributed by atoms with van der Waals surface area (Å²) in [5.74, 6) is -38.1. The van der Waals surface area contributed by atoms with Crippen molar-refractivity contribution in [1.82, 2.24) is 0 Å². The number of nitrogens with zero attached hydrogens (tertiary/aromatic N) is 2. The topological polar surface area (TPSA) is 421 Å². The van der Waals surface area contributed by atoms with Gasteiger partial charge >= 0.3 is 36.2 Å². The van der Waals surface area contributed by atoms with Crippen LogP contribution < -0.4 is 14.2 Å². The van der Waals surface area contributed by atoms with Gasteiger partial charge in [-0.15, -0.1) is 0 Å². The molecular weight excluding hydrogens is 2170 g/mol. The van der Waals surface area contributed by atoms with E-state index in [2.05, 4.69) is 81.7 Å². The average molecular weight is 2270 g/mol. The molecule has 1 atom stereocenters. The number of ether oxygens (including phenoxy) is 8. The number of carbonyl (C=O) groups excluding carboxylic acids is 4. The van der Waals surface area contributed by atoms with Crippen LogP contribution in [0.1, 0.15) is 124 Å². The van der Waals surface area contributed by atoms with Crippen molar-refractivity contribution in [3.8, 4) is 17.2 Å². The maximum Gasteiger partial charge on any atom is 0.401 e. The summed E-state index contributed by atoms with van der Waals surface area (Å²) < 4.78 is 478. The molecule has 7 aromatic carbocycles. The molecule has 1 unspecified atom stereocenters. The van der Waals surface area contributed by atoms with E-state index >= 15 is 0 Å². The van der Waals surface area contributed by atoms with Gasteiger partial charge in [-0.1, -0.05) is 145 Å². The van der Waals surface area contributed by atoms with E-state index in [0.717, 1.165) is 59.2 Å². The zero-order valence-electron chi connectivity index (χ0n) is 81.0. The highest BCUT2D eigenvalue weighted by molar-refractivity contribution is 8.12. The molecular formula is C93H98F22N2O26S6-4. The van der Waals surface area contributed by atoms with Crippen LogP contribution in [0.3, 0.4) is 0 Å². The maximum atomic E-state index is 13.8. The van der Waals surface area contributed by atoms with Gasteiger partial charge in [0, 0.05) is 45.9 Å². The lowest BCUT2D eigenvalue weighted by molar-refractivity contribution is -0.173. The summed E-state index contributed by atoms with van der Waals surface area (Å²) in [4.78, 5) is 39.2. The van der Waals surface area contributed by atoms with Crippen LogP contribution in [0, 0.1) is 82.6 Å². The zero-order valence-corrected chi connectivity index (χ0v) is 85.9. The van der Waals surface area contributed by atoms with Crippen LogP contribution in [-0.4, -0.2) is 152 Å². The molecule has 149 heavy (non-hydrogen) atoms. The molecule has 0 radical (unpaired) electrons. The van der Waals surface area contributed by atoms with Gasteiger partial charge < -0.3 is 55.3 Å². The predicted octanol–water partition coefficient (Wildman–Crippen LogP) is 22.5. The minimum Gasteiger partial charge on any atom is -0.744 e. The third-order valence-corrected chi connectivity index (χ3v) is 24.4. The fraction of sp³-hybridized carbons (Fsp3) is 0.312. The first-order valence-corrected chi connectivity index (χ1v) is 49.8. The first kappa shape index (κ1) is 138. The Bertz CT molecular complexity index is 6490. The van der Waals surface area contributed by atoms with Crippen LogP contribution in [0.25, 0.3) is 19.4 Å². The van der Waals surface area contributed by atoms with Gasteiger partial charge in [0.25, 0.3) is 11.8 Å². The van der Waals surface area contributed by atoms with Crippen molar-refractivity contribution in [1.29, 1.82) is 0 Å². The number of carbonyl (C=O) groups is 4. The molecule has 0 amide bonds. The van der Waals surface area contributed by atoms with Gasteiger partial charge in [0.1, 0.15) is 97.8 Å². The van der Waals surface area contributed by atoms with Crippen molar-refractivity contribution < 1.29 is 213 Å². The molecule has 0 heterocycles. The third-order valence-electron chi connectivity index (χ3n) is 16.2. The average Bonchev–Trinajstić information content (AvgIpc) is 0.771. The highest BCUT2D eigenvalue weighted by Crippen LogP contribution is 2.35. The second-order valence-electron chi connectivity index (χ2n) is 30.7. The lowest BCUT2D eigenvalue weighted by atomic mass is 10.1. The van der Waals surface area contributed by atoms with Crippen LogP contribution in [0.2, 0.25) is 0 Å². The van der Waals surface area contributed by atoms with Gasteiger partial charge in [-0.25, -0.2) is 131 Å². The van der Waals surface area contributed by atoms with Gasteiger partial charge in [-0.05, 0) is 152 Å². The van der Waals surface area contributed by atoms with Gasteiger partial charge in [0.05, 0.1) is 44.4 Å². The standard InChI is InChI=1S/C16H12F4O4S.C13H20F2O4.C12H10F4O4S.C11H8F4O2.C11H14O.2C8H7F3NO4S2.C7H10F2O2.C7H12O/c1-8(2)9-3-5-10(6-4-9)24-7-11-12(17)14(19)16(25(21,22)23)15(20)13(11)18;1-8(2)6-10(19-11(16)9(3)4)12(17)18-7-13(5,14)15;1-5(2)6(3)20-4-7-8(13)10(15)12(21(17,18)19)11(16)9(7)14;1-4(2)11(16)17-10-8(14)6(12)5(3)7(13)9(10)15;1-4-12-11-7-5-10(6-8-11)9(2)3;2*9-8(10,11)6-17(13,14)12-18(15,16)7-4-2-1-3-5-7;1-5(2)6(10)11-4-7(3,8)9;1-5-8-7(4)6(2)3/h3-6H,1,7H2,2H3,(H,21,22,23);8,10H,3,6-7H2,1-2,4-5H3;1,3-4H2,2H3,(H,17,18,19);1H2,2-3H3;5-8H,2,4H2,1,3H3;2*1-5H,6H2;1,4H2,2-3H3;2,4-5H2,1,3H3/q;;;;;2*-1;;/p-2. The van der Waals surface area contributed by atoms with Gasteiger partial charge in [-0.3, -0.25) is 0 Å². The Hall–Kier alpha value is -12.7. The molecule has 0 spiro atoms. The third kappa shape index (κ3) is 51.9. The minimum absolute atomic E-state index is 0.0395. The Kier molecular flexibility index (Phi) is 55.9. The highest BCUT2D eigenvalue weighted by atomic mass is 32.3. The molecule has 0 aliphatic rings. The molecule has 0 saturated heterocycles. The van der Waals surface area contributed by atoms with E-state index in [9.17, 15) is 175 Å². The number of alkyl halides is 10. The molecule has 0 fully saturated rings. The predicted molar refractivity (Wildman–Crippen MR) is 498 cm³/mol. The largest absolute Gasteiger partial charge is 0.744 e. The first-order chi connectivity index (χ1) is 67.6. The molecule has 28 nitrogen and oxygen atoms in total. The van der Waals surface area contributed by atoms with Gasteiger partial charge in [0.2, 0.25) is 17.4 Å². The summed E-state index contributed by atoms with van der Waals surface area (Å²) in [6.45, 7) is 49.8. The molecule has 0 aromatic heterocycles. The van der Waals surface area contributed by atoms with Crippen molar-refractivity contribution in [3.63, 3.8) is 0 Å².